The number of hydrogen-bond acceptors (Lipinski definition) is 3. The summed E-state index contributed by atoms with van der Waals surface area (Å²) < 4.78 is 1.72. The molecule has 2 aromatic heterocycles. The normalized spacial score (nSPS) is 14.0. The Hall–Kier alpha value is -3.47. The number of fused-ring (bicyclic) bond motifs is 2. The Morgan fingerprint density at radius 3 is 2.39 bits per heavy atom. The molecule has 0 fully saturated rings. The molecule has 5 heteroatoms. The van der Waals surface area contributed by atoms with E-state index in [9.17, 15) is 4.79 Å². The van der Waals surface area contributed by atoms with Crippen molar-refractivity contribution in [2.45, 2.75) is 39.2 Å². The van der Waals surface area contributed by atoms with Crippen molar-refractivity contribution in [3.8, 4) is 11.3 Å². The Labute approximate surface area is 182 Å². The number of rotatable bonds is 2. The van der Waals surface area contributed by atoms with Gasteiger partial charge >= 0.3 is 0 Å². The van der Waals surface area contributed by atoms with E-state index < -0.39 is 0 Å². The third kappa shape index (κ3) is 3.61. The van der Waals surface area contributed by atoms with E-state index in [4.69, 9.17) is 10.1 Å². The van der Waals surface area contributed by atoms with E-state index in [0.717, 1.165) is 23.4 Å². The standard InChI is InChI=1S/C26H26N4O/c1-26(2,3)23-16-24-27-21(19-10-5-4-6-11-19)15-22(30(24)28-23)25(31)29-14-13-18-9-7-8-12-20(18)17-29/h4-12,15-16H,13-14,17H2,1-3H3. The van der Waals surface area contributed by atoms with Gasteiger partial charge in [0, 0.05) is 30.1 Å². The Bertz CT molecular complexity index is 1270. The van der Waals surface area contributed by atoms with Crippen LogP contribution in [-0.4, -0.2) is 31.9 Å². The molecule has 1 aliphatic heterocycles. The maximum Gasteiger partial charge on any atom is 0.272 e. The van der Waals surface area contributed by atoms with Crippen LogP contribution in [0.5, 0.6) is 0 Å². The molecule has 4 aromatic rings. The van der Waals surface area contributed by atoms with Crippen molar-refractivity contribution in [1.29, 1.82) is 0 Å². The molecular formula is C26H26N4O. The third-order valence-electron chi connectivity index (χ3n) is 5.90. The molecule has 0 bridgehead atoms. The second kappa shape index (κ2) is 7.34. The first-order chi connectivity index (χ1) is 14.9. The average Bonchev–Trinajstić information content (AvgIpc) is 3.23. The average molecular weight is 411 g/mol. The van der Waals surface area contributed by atoms with E-state index in [1.807, 2.05) is 53.4 Å². The minimum Gasteiger partial charge on any atom is -0.333 e. The maximum absolute atomic E-state index is 13.7. The first-order valence-electron chi connectivity index (χ1n) is 10.7. The van der Waals surface area contributed by atoms with Gasteiger partial charge in [0.1, 0.15) is 5.69 Å². The largest absolute Gasteiger partial charge is 0.333 e. The summed E-state index contributed by atoms with van der Waals surface area (Å²) in [4.78, 5) is 20.5. The van der Waals surface area contributed by atoms with E-state index in [1.54, 1.807) is 4.52 Å². The summed E-state index contributed by atoms with van der Waals surface area (Å²) in [6.45, 7) is 7.68. The van der Waals surface area contributed by atoms with Gasteiger partial charge < -0.3 is 4.90 Å². The van der Waals surface area contributed by atoms with Crippen LogP contribution in [0.3, 0.4) is 0 Å². The van der Waals surface area contributed by atoms with Gasteiger partial charge in [-0.3, -0.25) is 4.79 Å². The van der Waals surface area contributed by atoms with Gasteiger partial charge in [-0.2, -0.15) is 5.10 Å². The zero-order valence-corrected chi connectivity index (χ0v) is 18.2. The molecule has 1 amide bonds. The van der Waals surface area contributed by atoms with E-state index in [-0.39, 0.29) is 11.3 Å². The van der Waals surface area contributed by atoms with Crippen molar-refractivity contribution < 1.29 is 4.79 Å². The van der Waals surface area contributed by atoms with E-state index in [2.05, 4.69) is 39.0 Å². The van der Waals surface area contributed by atoms with Gasteiger partial charge in [0.25, 0.3) is 5.91 Å². The maximum atomic E-state index is 13.7. The Morgan fingerprint density at radius 2 is 1.65 bits per heavy atom. The minimum absolute atomic E-state index is 0.0114. The van der Waals surface area contributed by atoms with Gasteiger partial charge in [0.2, 0.25) is 0 Å². The summed E-state index contributed by atoms with van der Waals surface area (Å²) in [6, 6.07) is 22.2. The quantitative estimate of drug-likeness (QED) is 0.473. The Morgan fingerprint density at radius 1 is 0.935 bits per heavy atom. The van der Waals surface area contributed by atoms with Crippen LogP contribution in [-0.2, 0) is 18.4 Å². The molecule has 0 unspecified atom stereocenters. The molecule has 0 N–H and O–H groups in total. The highest BCUT2D eigenvalue weighted by Gasteiger charge is 2.26. The number of amides is 1. The number of benzene rings is 2. The minimum atomic E-state index is -0.134. The lowest BCUT2D eigenvalue weighted by atomic mass is 9.93. The van der Waals surface area contributed by atoms with Gasteiger partial charge in [0.15, 0.2) is 5.65 Å². The van der Waals surface area contributed by atoms with Crippen LogP contribution >= 0.6 is 0 Å². The predicted molar refractivity (Wildman–Crippen MR) is 122 cm³/mol. The molecule has 1 aliphatic rings. The highest BCUT2D eigenvalue weighted by Crippen LogP contribution is 2.27. The van der Waals surface area contributed by atoms with Gasteiger partial charge in [-0.1, -0.05) is 75.4 Å². The lowest BCUT2D eigenvalue weighted by molar-refractivity contribution is 0.0725. The third-order valence-corrected chi connectivity index (χ3v) is 5.90. The van der Waals surface area contributed by atoms with Crippen LogP contribution < -0.4 is 0 Å². The topological polar surface area (TPSA) is 50.5 Å². The smallest absolute Gasteiger partial charge is 0.272 e. The first-order valence-corrected chi connectivity index (χ1v) is 10.7. The fourth-order valence-corrected chi connectivity index (χ4v) is 4.08. The van der Waals surface area contributed by atoms with E-state index in [0.29, 0.717) is 24.4 Å². The lowest BCUT2D eigenvalue weighted by Crippen LogP contribution is -2.37. The number of aromatic nitrogens is 3. The van der Waals surface area contributed by atoms with Crippen LogP contribution in [0.25, 0.3) is 16.9 Å². The second-order valence-corrected chi connectivity index (χ2v) is 9.19. The zero-order valence-electron chi connectivity index (χ0n) is 18.2. The summed E-state index contributed by atoms with van der Waals surface area (Å²) in [7, 11) is 0. The van der Waals surface area contributed by atoms with Crippen LogP contribution in [0.4, 0.5) is 0 Å². The molecule has 0 radical (unpaired) electrons. The number of hydrogen-bond donors (Lipinski definition) is 0. The summed E-state index contributed by atoms with van der Waals surface area (Å²) in [6.07, 6.45) is 0.869. The van der Waals surface area contributed by atoms with Crippen molar-refractivity contribution in [1.82, 2.24) is 19.5 Å². The van der Waals surface area contributed by atoms with Crippen LogP contribution in [0, 0.1) is 0 Å². The highest BCUT2D eigenvalue weighted by molar-refractivity contribution is 5.94. The van der Waals surface area contributed by atoms with E-state index in [1.165, 1.54) is 11.1 Å². The summed E-state index contributed by atoms with van der Waals surface area (Å²) in [5, 5.41) is 4.79. The van der Waals surface area contributed by atoms with Gasteiger partial charge in [-0.15, -0.1) is 0 Å². The van der Waals surface area contributed by atoms with Crippen LogP contribution in [0.15, 0.2) is 66.7 Å². The highest BCUT2D eigenvalue weighted by atomic mass is 16.2. The number of carbonyl (C=O) groups is 1. The first kappa shape index (κ1) is 19.5. The molecule has 31 heavy (non-hydrogen) atoms. The molecule has 3 heterocycles. The molecule has 5 rings (SSSR count). The van der Waals surface area contributed by atoms with Crippen molar-refractivity contribution in [3.63, 3.8) is 0 Å². The van der Waals surface area contributed by atoms with Crippen LogP contribution in [0.1, 0.15) is 48.1 Å². The molecule has 2 aromatic carbocycles. The molecule has 156 valence electrons. The molecule has 0 atom stereocenters. The van der Waals surface area contributed by atoms with Crippen molar-refractivity contribution in [2.75, 3.05) is 6.54 Å². The monoisotopic (exact) mass is 410 g/mol. The molecule has 5 nitrogen and oxygen atoms in total. The van der Waals surface area contributed by atoms with E-state index >= 15 is 0 Å². The fraction of sp³-hybridized carbons (Fsp3) is 0.269. The number of carbonyl (C=O) groups excluding carboxylic acids is 1. The van der Waals surface area contributed by atoms with Crippen molar-refractivity contribution in [3.05, 3.63) is 89.2 Å². The van der Waals surface area contributed by atoms with Gasteiger partial charge in [0.05, 0.1) is 11.4 Å². The van der Waals surface area contributed by atoms with Crippen molar-refractivity contribution >= 4 is 11.6 Å². The number of nitrogens with zero attached hydrogens (tertiary/aromatic N) is 4. The van der Waals surface area contributed by atoms with Gasteiger partial charge in [-0.25, -0.2) is 9.50 Å². The zero-order chi connectivity index (χ0) is 21.6. The molecular weight excluding hydrogens is 384 g/mol. The van der Waals surface area contributed by atoms with Gasteiger partial charge in [-0.05, 0) is 23.6 Å². The summed E-state index contributed by atoms with van der Waals surface area (Å²) >= 11 is 0. The van der Waals surface area contributed by atoms with Crippen molar-refractivity contribution in [2.24, 2.45) is 0 Å². The van der Waals surface area contributed by atoms with Crippen LogP contribution in [0.2, 0.25) is 0 Å². The Kier molecular flexibility index (Phi) is 4.62. The fourth-order valence-electron chi connectivity index (χ4n) is 4.08. The lowest BCUT2D eigenvalue weighted by Gasteiger charge is -2.29. The molecule has 0 spiro atoms. The molecule has 0 aliphatic carbocycles. The summed E-state index contributed by atoms with van der Waals surface area (Å²) in [5.74, 6) is -0.0114. The summed E-state index contributed by atoms with van der Waals surface area (Å²) in [5.41, 5.74) is 6.35. The Balaban J connectivity index is 1.62. The molecule has 0 saturated heterocycles. The second-order valence-electron chi connectivity index (χ2n) is 9.19. The SMILES string of the molecule is CC(C)(C)c1cc2nc(-c3ccccc3)cc(C(=O)N3CCc4ccccc4C3)n2n1. The molecule has 0 saturated carbocycles. The predicted octanol–water partition coefficient (Wildman–Crippen LogP) is 4.89.